The number of amides is 3. The molecule has 3 amide bonds. The van der Waals surface area contributed by atoms with Gasteiger partial charge >= 0.3 is 0 Å². The van der Waals surface area contributed by atoms with Crippen molar-refractivity contribution in [2.24, 2.45) is 0 Å². The third kappa shape index (κ3) is 5.06. The Morgan fingerprint density at radius 2 is 2.10 bits per heavy atom. The summed E-state index contributed by atoms with van der Waals surface area (Å²) < 4.78 is 5.73. The molecule has 0 unspecified atom stereocenters. The minimum Gasteiger partial charge on any atom is -0.449 e. The van der Waals surface area contributed by atoms with E-state index in [1.807, 2.05) is 11.0 Å². The molecule has 0 atom stereocenters. The zero-order valence-corrected chi connectivity index (χ0v) is 17.6. The number of benzene rings is 2. The first-order valence-corrected chi connectivity index (χ1v) is 10.5. The van der Waals surface area contributed by atoms with Crippen LogP contribution in [0.1, 0.15) is 35.2 Å². The molecular weight excluding hydrogens is 418 g/mol. The van der Waals surface area contributed by atoms with Crippen molar-refractivity contribution in [3.63, 3.8) is 0 Å². The van der Waals surface area contributed by atoms with Crippen LogP contribution in [0.3, 0.4) is 0 Å². The number of anilines is 1. The van der Waals surface area contributed by atoms with Crippen molar-refractivity contribution in [2.45, 2.75) is 19.3 Å². The highest BCUT2D eigenvalue weighted by Gasteiger charge is 2.23. The Morgan fingerprint density at radius 3 is 2.87 bits per heavy atom. The molecule has 0 bridgehead atoms. The first-order valence-electron chi connectivity index (χ1n) is 10.2. The first-order chi connectivity index (χ1) is 15.0. The minimum atomic E-state index is -0.402. The number of carbonyl (C=O) groups is 3. The van der Waals surface area contributed by atoms with Gasteiger partial charge in [0.2, 0.25) is 5.91 Å². The zero-order valence-electron chi connectivity index (χ0n) is 16.8. The molecule has 1 fully saturated rings. The largest absolute Gasteiger partial charge is 0.449 e. The Balaban J connectivity index is 1.36. The lowest BCUT2D eigenvalue weighted by molar-refractivity contribution is -0.127. The van der Waals surface area contributed by atoms with Crippen molar-refractivity contribution >= 4 is 41.1 Å². The zero-order chi connectivity index (χ0) is 21.8. The number of nitrogens with one attached hydrogen (secondary N) is 2. The number of nitrogens with zero attached hydrogens (tertiary/aromatic N) is 1. The molecule has 4 rings (SSSR count). The standard InChI is InChI=1S/C23H22ClN3O4/c24-17-5-1-4-15(12-17)13-20-23(30)26-18-14-16(7-8-19(18)31-20)22(29)25-9-3-11-27-10-2-6-21(27)28/h1,4-5,7-8,12-14H,2-3,6,9-11H2,(H,25,29)(H,26,30). The van der Waals surface area contributed by atoms with Crippen molar-refractivity contribution < 1.29 is 19.1 Å². The van der Waals surface area contributed by atoms with Gasteiger partial charge < -0.3 is 20.3 Å². The van der Waals surface area contributed by atoms with Gasteiger partial charge in [-0.3, -0.25) is 14.4 Å². The molecule has 2 aromatic carbocycles. The van der Waals surface area contributed by atoms with Crippen LogP contribution in [0.5, 0.6) is 5.75 Å². The molecule has 0 spiro atoms. The molecule has 2 aliphatic rings. The number of rotatable bonds is 6. The molecule has 8 heteroatoms. The summed E-state index contributed by atoms with van der Waals surface area (Å²) in [5.74, 6) is 0.131. The molecule has 160 valence electrons. The van der Waals surface area contributed by atoms with Gasteiger partial charge in [-0.25, -0.2) is 0 Å². The average Bonchev–Trinajstić information content (AvgIpc) is 3.16. The highest BCUT2D eigenvalue weighted by molar-refractivity contribution is 6.30. The van der Waals surface area contributed by atoms with E-state index in [-0.39, 0.29) is 17.6 Å². The molecule has 0 radical (unpaired) electrons. The van der Waals surface area contributed by atoms with Gasteiger partial charge in [-0.2, -0.15) is 0 Å². The van der Waals surface area contributed by atoms with Gasteiger partial charge in [-0.05, 0) is 54.8 Å². The van der Waals surface area contributed by atoms with Crippen LogP contribution in [-0.4, -0.2) is 42.3 Å². The van der Waals surface area contributed by atoms with Gasteiger partial charge in [0.15, 0.2) is 11.5 Å². The Labute approximate surface area is 185 Å². The van der Waals surface area contributed by atoms with Gasteiger partial charge in [0.05, 0.1) is 5.69 Å². The Kier molecular flexibility index (Phi) is 6.23. The third-order valence-corrected chi connectivity index (χ3v) is 5.38. The number of fused-ring (bicyclic) bond motifs is 1. The van der Waals surface area contributed by atoms with E-state index in [9.17, 15) is 14.4 Å². The van der Waals surface area contributed by atoms with E-state index >= 15 is 0 Å². The van der Waals surface area contributed by atoms with Crippen LogP contribution in [0, 0.1) is 0 Å². The maximum Gasteiger partial charge on any atom is 0.291 e. The Morgan fingerprint density at radius 1 is 1.23 bits per heavy atom. The number of ether oxygens (including phenoxy) is 1. The average molecular weight is 440 g/mol. The van der Waals surface area contributed by atoms with Gasteiger partial charge in [0.25, 0.3) is 11.8 Å². The van der Waals surface area contributed by atoms with Crippen molar-refractivity contribution in [1.29, 1.82) is 0 Å². The minimum absolute atomic E-state index is 0.142. The van der Waals surface area contributed by atoms with E-state index in [0.717, 1.165) is 18.5 Å². The summed E-state index contributed by atoms with van der Waals surface area (Å²) in [6.07, 6.45) is 3.82. The maximum absolute atomic E-state index is 12.4. The van der Waals surface area contributed by atoms with Crippen LogP contribution in [0.25, 0.3) is 6.08 Å². The van der Waals surface area contributed by atoms with Crippen molar-refractivity contribution in [2.75, 3.05) is 25.0 Å². The lowest BCUT2D eigenvalue weighted by Gasteiger charge is -2.20. The van der Waals surface area contributed by atoms with E-state index in [1.54, 1.807) is 42.5 Å². The van der Waals surface area contributed by atoms with E-state index in [0.29, 0.717) is 48.0 Å². The number of hydrogen-bond donors (Lipinski definition) is 2. The van der Waals surface area contributed by atoms with Crippen LogP contribution >= 0.6 is 11.6 Å². The van der Waals surface area contributed by atoms with E-state index in [2.05, 4.69) is 10.6 Å². The molecule has 2 N–H and O–H groups in total. The second-order valence-corrected chi connectivity index (χ2v) is 7.86. The number of hydrogen-bond acceptors (Lipinski definition) is 4. The second kappa shape index (κ2) is 9.22. The van der Waals surface area contributed by atoms with Crippen molar-refractivity contribution in [3.05, 3.63) is 64.4 Å². The van der Waals surface area contributed by atoms with Crippen LogP contribution in [-0.2, 0) is 9.59 Å². The van der Waals surface area contributed by atoms with Crippen LogP contribution in [0.2, 0.25) is 5.02 Å². The molecule has 0 aromatic heterocycles. The number of carbonyl (C=O) groups excluding carboxylic acids is 3. The molecule has 2 heterocycles. The predicted molar refractivity (Wildman–Crippen MR) is 118 cm³/mol. The SMILES string of the molecule is O=C1Nc2cc(C(=O)NCCCN3CCCC3=O)ccc2OC1=Cc1cccc(Cl)c1. The highest BCUT2D eigenvalue weighted by atomic mass is 35.5. The molecule has 1 saturated heterocycles. The van der Waals surface area contributed by atoms with E-state index < -0.39 is 5.91 Å². The maximum atomic E-state index is 12.4. The fourth-order valence-corrected chi connectivity index (χ4v) is 3.76. The molecule has 0 saturated carbocycles. The topological polar surface area (TPSA) is 87.7 Å². The number of halogens is 1. The summed E-state index contributed by atoms with van der Waals surface area (Å²) in [4.78, 5) is 38.3. The third-order valence-electron chi connectivity index (χ3n) is 5.14. The summed E-state index contributed by atoms with van der Waals surface area (Å²) in [6, 6.07) is 12.0. The van der Waals surface area contributed by atoms with Crippen LogP contribution in [0.4, 0.5) is 5.69 Å². The predicted octanol–water partition coefficient (Wildman–Crippen LogP) is 3.45. The summed E-state index contributed by atoms with van der Waals surface area (Å²) in [6.45, 7) is 1.91. The van der Waals surface area contributed by atoms with Gasteiger partial charge in [-0.1, -0.05) is 23.7 Å². The fourth-order valence-electron chi connectivity index (χ4n) is 3.56. The van der Waals surface area contributed by atoms with Crippen molar-refractivity contribution in [3.8, 4) is 5.75 Å². The number of likely N-dealkylation sites (tertiary alicyclic amines) is 1. The van der Waals surface area contributed by atoms with Crippen LogP contribution < -0.4 is 15.4 Å². The fraction of sp³-hybridized carbons (Fsp3) is 0.261. The summed E-state index contributed by atoms with van der Waals surface area (Å²) in [5, 5.41) is 6.17. The first kappa shape index (κ1) is 20.9. The normalized spacial score (nSPS) is 16.7. The second-order valence-electron chi connectivity index (χ2n) is 7.42. The van der Waals surface area contributed by atoms with E-state index in [4.69, 9.17) is 16.3 Å². The molecule has 0 aliphatic carbocycles. The monoisotopic (exact) mass is 439 g/mol. The van der Waals surface area contributed by atoms with Crippen LogP contribution in [0.15, 0.2) is 48.2 Å². The lowest BCUT2D eigenvalue weighted by Crippen LogP contribution is -2.30. The van der Waals surface area contributed by atoms with Gasteiger partial charge in [-0.15, -0.1) is 0 Å². The Hall–Kier alpha value is -3.32. The molecule has 2 aromatic rings. The van der Waals surface area contributed by atoms with Crippen molar-refractivity contribution in [1.82, 2.24) is 10.2 Å². The lowest BCUT2D eigenvalue weighted by atomic mass is 10.1. The summed E-state index contributed by atoms with van der Waals surface area (Å²) in [7, 11) is 0. The highest BCUT2D eigenvalue weighted by Crippen LogP contribution is 2.32. The molecule has 31 heavy (non-hydrogen) atoms. The quantitative estimate of drug-likeness (QED) is 0.533. The summed E-state index contributed by atoms with van der Waals surface area (Å²) >= 11 is 5.99. The molecule has 2 aliphatic heterocycles. The van der Waals surface area contributed by atoms with E-state index in [1.165, 1.54) is 0 Å². The smallest absolute Gasteiger partial charge is 0.291 e. The van der Waals surface area contributed by atoms with Gasteiger partial charge in [0.1, 0.15) is 0 Å². The summed E-state index contributed by atoms with van der Waals surface area (Å²) in [5.41, 5.74) is 1.60. The van der Waals surface area contributed by atoms with Gasteiger partial charge in [0, 0.05) is 36.6 Å². The Bertz CT molecular complexity index is 1070. The molecule has 7 nitrogen and oxygen atoms in total. The molecular formula is C23H22ClN3O4.